The summed E-state index contributed by atoms with van der Waals surface area (Å²) in [6, 6.07) is 7.71. The van der Waals surface area contributed by atoms with E-state index in [2.05, 4.69) is 5.32 Å². The van der Waals surface area contributed by atoms with Gasteiger partial charge in [0.15, 0.2) is 0 Å². The molecule has 1 heterocycles. The molecule has 1 fully saturated rings. The van der Waals surface area contributed by atoms with Crippen LogP contribution in [0.15, 0.2) is 24.3 Å². The lowest BCUT2D eigenvalue weighted by atomic mass is 10.0. The van der Waals surface area contributed by atoms with Crippen molar-refractivity contribution >= 4 is 24.0 Å². The van der Waals surface area contributed by atoms with E-state index < -0.39 is 0 Å². The monoisotopic (exact) mass is 312 g/mol. The van der Waals surface area contributed by atoms with Crippen molar-refractivity contribution in [2.75, 3.05) is 11.9 Å². The normalized spacial score (nSPS) is 19.4. The Labute approximate surface area is 132 Å². The summed E-state index contributed by atoms with van der Waals surface area (Å²) in [5.41, 5.74) is 7.69. The maximum atomic E-state index is 11.9. The van der Waals surface area contributed by atoms with Crippen molar-refractivity contribution < 1.29 is 9.53 Å². The van der Waals surface area contributed by atoms with Gasteiger partial charge in [0.2, 0.25) is 5.91 Å². The van der Waals surface area contributed by atoms with Gasteiger partial charge >= 0.3 is 0 Å². The highest BCUT2D eigenvalue weighted by atomic mass is 35.5. The summed E-state index contributed by atoms with van der Waals surface area (Å²) in [5, 5.41) is 2.91. The standard InChI is InChI=1S/C16H24N2O2.ClH/c1-12(17)13-5-7-14(8-6-13)18-16(19)10-9-15-4-2-3-11-20-15;/h5-8,12,15H,2-4,9-11,17H2,1H3,(H,18,19);1H. The van der Waals surface area contributed by atoms with Gasteiger partial charge in [-0.3, -0.25) is 4.79 Å². The number of hydrogen-bond donors (Lipinski definition) is 2. The molecule has 0 saturated carbocycles. The highest BCUT2D eigenvalue weighted by Gasteiger charge is 2.15. The first-order chi connectivity index (χ1) is 9.65. The lowest BCUT2D eigenvalue weighted by Gasteiger charge is -2.22. The van der Waals surface area contributed by atoms with Gasteiger partial charge in [-0.1, -0.05) is 12.1 Å². The van der Waals surface area contributed by atoms with Gasteiger partial charge < -0.3 is 15.8 Å². The Morgan fingerprint density at radius 2 is 2.10 bits per heavy atom. The molecule has 1 amide bonds. The number of hydrogen-bond acceptors (Lipinski definition) is 3. The fourth-order valence-electron chi connectivity index (χ4n) is 2.42. The number of anilines is 1. The van der Waals surface area contributed by atoms with E-state index in [1.165, 1.54) is 6.42 Å². The van der Waals surface area contributed by atoms with Gasteiger partial charge in [0.25, 0.3) is 0 Å². The van der Waals surface area contributed by atoms with Crippen molar-refractivity contribution in [2.45, 2.75) is 51.2 Å². The van der Waals surface area contributed by atoms with Gasteiger partial charge in [0, 0.05) is 24.8 Å². The van der Waals surface area contributed by atoms with Crippen molar-refractivity contribution in [2.24, 2.45) is 5.73 Å². The quantitative estimate of drug-likeness (QED) is 0.875. The maximum absolute atomic E-state index is 11.9. The fourth-order valence-corrected chi connectivity index (χ4v) is 2.42. The van der Waals surface area contributed by atoms with Crippen LogP contribution in [0, 0.1) is 0 Å². The summed E-state index contributed by atoms with van der Waals surface area (Å²) in [7, 11) is 0. The molecule has 1 aromatic rings. The number of nitrogens with one attached hydrogen (secondary N) is 1. The van der Waals surface area contributed by atoms with E-state index in [9.17, 15) is 4.79 Å². The number of nitrogens with two attached hydrogens (primary N) is 1. The SMILES string of the molecule is CC(N)c1ccc(NC(=O)CCC2CCCCO2)cc1.Cl. The molecule has 2 unspecified atom stereocenters. The molecule has 2 rings (SSSR count). The third-order valence-corrected chi connectivity index (χ3v) is 3.69. The van der Waals surface area contributed by atoms with E-state index in [1.807, 2.05) is 31.2 Å². The van der Waals surface area contributed by atoms with E-state index in [0.29, 0.717) is 6.42 Å². The molecule has 1 aliphatic heterocycles. The van der Waals surface area contributed by atoms with E-state index in [-0.39, 0.29) is 30.5 Å². The number of benzene rings is 1. The Bertz CT molecular complexity index is 428. The number of halogens is 1. The van der Waals surface area contributed by atoms with Crippen LogP contribution in [-0.4, -0.2) is 18.6 Å². The Kier molecular flexibility index (Phi) is 7.72. The van der Waals surface area contributed by atoms with E-state index in [4.69, 9.17) is 10.5 Å². The third-order valence-electron chi connectivity index (χ3n) is 3.69. The molecule has 2 atom stereocenters. The van der Waals surface area contributed by atoms with Gasteiger partial charge in [-0.2, -0.15) is 0 Å². The fraction of sp³-hybridized carbons (Fsp3) is 0.562. The minimum Gasteiger partial charge on any atom is -0.378 e. The minimum absolute atomic E-state index is 0. The lowest BCUT2D eigenvalue weighted by molar-refractivity contribution is -0.117. The molecule has 0 aromatic heterocycles. The van der Waals surface area contributed by atoms with Crippen molar-refractivity contribution in [3.63, 3.8) is 0 Å². The highest BCUT2D eigenvalue weighted by molar-refractivity contribution is 5.90. The number of carbonyl (C=O) groups is 1. The Morgan fingerprint density at radius 3 is 2.67 bits per heavy atom. The molecule has 0 aliphatic carbocycles. The average molecular weight is 313 g/mol. The molecule has 1 saturated heterocycles. The smallest absolute Gasteiger partial charge is 0.224 e. The van der Waals surface area contributed by atoms with Crippen LogP contribution in [0.25, 0.3) is 0 Å². The van der Waals surface area contributed by atoms with Crippen LogP contribution < -0.4 is 11.1 Å². The molecular formula is C16H25ClN2O2. The summed E-state index contributed by atoms with van der Waals surface area (Å²) in [4.78, 5) is 11.9. The summed E-state index contributed by atoms with van der Waals surface area (Å²) in [5.74, 6) is 0.0488. The van der Waals surface area contributed by atoms with Gasteiger partial charge in [-0.15, -0.1) is 12.4 Å². The van der Waals surface area contributed by atoms with E-state index >= 15 is 0 Å². The maximum Gasteiger partial charge on any atom is 0.224 e. The second-order valence-corrected chi connectivity index (χ2v) is 5.49. The van der Waals surface area contributed by atoms with Crippen LogP contribution in [0.4, 0.5) is 5.69 Å². The summed E-state index contributed by atoms with van der Waals surface area (Å²) in [6.07, 6.45) is 5.02. The first-order valence-corrected chi connectivity index (χ1v) is 7.42. The average Bonchev–Trinajstić information content (AvgIpc) is 2.47. The zero-order valence-electron chi connectivity index (χ0n) is 12.5. The molecule has 1 aliphatic rings. The second-order valence-electron chi connectivity index (χ2n) is 5.49. The molecule has 0 bridgehead atoms. The predicted octanol–water partition coefficient (Wildman–Crippen LogP) is 3.42. The van der Waals surface area contributed by atoms with Crippen LogP contribution in [0.5, 0.6) is 0 Å². The number of amides is 1. The Hall–Kier alpha value is -1.10. The van der Waals surface area contributed by atoms with Crippen LogP contribution in [-0.2, 0) is 9.53 Å². The first-order valence-electron chi connectivity index (χ1n) is 7.42. The minimum atomic E-state index is 0. The van der Waals surface area contributed by atoms with Crippen LogP contribution in [0.2, 0.25) is 0 Å². The molecular weight excluding hydrogens is 288 g/mol. The zero-order valence-corrected chi connectivity index (χ0v) is 13.3. The Balaban J connectivity index is 0.00000220. The largest absolute Gasteiger partial charge is 0.378 e. The van der Waals surface area contributed by atoms with E-state index in [1.54, 1.807) is 0 Å². The van der Waals surface area contributed by atoms with Gasteiger partial charge in [0.05, 0.1) is 6.10 Å². The summed E-state index contributed by atoms with van der Waals surface area (Å²) < 4.78 is 5.63. The van der Waals surface area contributed by atoms with Gasteiger partial charge in [-0.25, -0.2) is 0 Å². The molecule has 118 valence electrons. The van der Waals surface area contributed by atoms with Crippen LogP contribution in [0.1, 0.15) is 50.6 Å². The topological polar surface area (TPSA) is 64.3 Å². The molecule has 0 radical (unpaired) electrons. The van der Waals surface area contributed by atoms with Crippen molar-refractivity contribution in [3.8, 4) is 0 Å². The molecule has 4 nitrogen and oxygen atoms in total. The van der Waals surface area contributed by atoms with E-state index in [0.717, 1.165) is 37.1 Å². The first kappa shape index (κ1) is 18.0. The number of rotatable bonds is 5. The summed E-state index contributed by atoms with van der Waals surface area (Å²) >= 11 is 0. The van der Waals surface area contributed by atoms with Gasteiger partial charge in [-0.05, 0) is 50.3 Å². The molecule has 1 aromatic carbocycles. The van der Waals surface area contributed by atoms with Crippen molar-refractivity contribution in [1.82, 2.24) is 0 Å². The van der Waals surface area contributed by atoms with Crippen LogP contribution in [0.3, 0.4) is 0 Å². The number of ether oxygens (including phenoxy) is 1. The van der Waals surface area contributed by atoms with Crippen molar-refractivity contribution in [1.29, 1.82) is 0 Å². The summed E-state index contributed by atoms with van der Waals surface area (Å²) in [6.45, 7) is 2.78. The zero-order chi connectivity index (χ0) is 14.4. The number of carbonyl (C=O) groups excluding carboxylic acids is 1. The van der Waals surface area contributed by atoms with Crippen LogP contribution >= 0.6 is 12.4 Å². The third kappa shape index (κ3) is 6.04. The second kappa shape index (κ2) is 9.03. The molecule has 21 heavy (non-hydrogen) atoms. The lowest BCUT2D eigenvalue weighted by Crippen LogP contribution is -2.21. The van der Waals surface area contributed by atoms with Crippen molar-refractivity contribution in [3.05, 3.63) is 29.8 Å². The highest BCUT2D eigenvalue weighted by Crippen LogP contribution is 2.18. The Morgan fingerprint density at radius 1 is 1.38 bits per heavy atom. The molecule has 3 N–H and O–H groups in total. The van der Waals surface area contributed by atoms with Gasteiger partial charge in [0.1, 0.15) is 0 Å². The predicted molar refractivity (Wildman–Crippen MR) is 87.7 cm³/mol. The molecule has 0 spiro atoms. The molecule has 5 heteroatoms.